The number of carbonyl (C=O) groups is 1. The molecule has 5 heteroatoms. The van der Waals surface area contributed by atoms with Crippen LogP contribution in [0.25, 0.3) is 11.3 Å². The van der Waals surface area contributed by atoms with Gasteiger partial charge in [-0.25, -0.2) is 9.97 Å². The summed E-state index contributed by atoms with van der Waals surface area (Å²) in [6.07, 6.45) is 3.83. The maximum Gasteiger partial charge on any atom is 0.225 e. The molecular weight excluding hydrogens is 366 g/mol. The highest BCUT2D eigenvalue weighted by molar-refractivity contribution is 7.99. The van der Waals surface area contributed by atoms with Gasteiger partial charge in [-0.2, -0.15) is 0 Å². The first kappa shape index (κ1) is 20.1. The van der Waals surface area contributed by atoms with Crippen molar-refractivity contribution in [3.05, 3.63) is 72.1 Å². The van der Waals surface area contributed by atoms with Crippen LogP contribution in [-0.4, -0.2) is 21.6 Å². The lowest BCUT2D eigenvalue weighted by molar-refractivity contribution is -0.115. The summed E-state index contributed by atoms with van der Waals surface area (Å²) in [5.74, 6) is 0.716. The number of carbonyl (C=O) groups excluding carboxylic acids is 1. The Kier molecular flexibility index (Phi) is 7.20. The van der Waals surface area contributed by atoms with E-state index in [-0.39, 0.29) is 5.91 Å². The Hall–Kier alpha value is -2.66. The van der Waals surface area contributed by atoms with Crippen LogP contribution in [0, 0.1) is 0 Å². The molecular formula is C23H25N3OS. The smallest absolute Gasteiger partial charge is 0.225 e. The van der Waals surface area contributed by atoms with E-state index < -0.39 is 0 Å². The quantitative estimate of drug-likeness (QED) is 0.413. The fraction of sp³-hybridized carbons (Fsp3) is 0.261. The Morgan fingerprint density at radius 3 is 2.36 bits per heavy atom. The summed E-state index contributed by atoms with van der Waals surface area (Å²) in [5, 5.41) is 4.00. The van der Waals surface area contributed by atoms with Gasteiger partial charge in [0.2, 0.25) is 5.91 Å². The van der Waals surface area contributed by atoms with Crippen LogP contribution >= 0.6 is 11.8 Å². The molecule has 144 valence electrons. The van der Waals surface area contributed by atoms with Crippen molar-refractivity contribution in [2.75, 3.05) is 11.1 Å². The van der Waals surface area contributed by atoms with Crippen LogP contribution < -0.4 is 5.32 Å². The molecule has 3 rings (SSSR count). The third kappa shape index (κ3) is 5.20. The van der Waals surface area contributed by atoms with Crippen molar-refractivity contribution >= 4 is 23.4 Å². The van der Waals surface area contributed by atoms with Crippen LogP contribution in [0.1, 0.15) is 31.4 Å². The first-order valence-electron chi connectivity index (χ1n) is 9.62. The van der Waals surface area contributed by atoms with Gasteiger partial charge in [0.25, 0.3) is 0 Å². The minimum Gasteiger partial charge on any atom is -0.326 e. The standard InChI is InChI=1S/C23H25N3OS/c1-3-17-11-8-12-18(4-2)23(17)26-21(27)13-14-28-22-15-20(24-16-25-22)19-9-6-5-7-10-19/h5-12,15-16H,3-4,13-14H2,1-2H3,(H,26,27). The van der Waals surface area contributed by atoms with Crippen molar-refractivity contribution in [2.45, 2.75) is 38.1 Å². The lowest BCUT2D eigenvalue weighted by Crippen LogP contribution is -2.15. The van der Waals surface area contributed by atoms with E-state index >= 15 is 0 Å². The summed E-state index contributed by atoms with van der Waals surface area (Å²) in [6, 6.07) is 18.2. The van der Waals surface area contributed by atoms with E-state index in [0.29, 0.717) is 12.2 Å². The molecule has 1 heterocycles. The zero-order valence-electron chi connectivity index (χ0n) is 16.3. The summed E-state index contributed by atoms with van der Waals surface area (Å²) >= 11 is 1.58. The number of amides is 1. The summed E-state index contributed by atoms with van der Waals surface area (Å²) in [7, 11) is 0. The largest absolute Gasteiger partial charge is 0.326 e. The third-order valence-corrected chi connectivity index (χ3v) is 5.48. The highest BCUT2D eigenvalue weighted by Gasteiger charge is 2.10. The molecule has 0 aliphatic carbocycles. The molecule has 0 bridgehead atoms. The molecule has 0 atom stereocenters. The van der Waals surface area contributed by atoms with Crippen LogP contribution in [0.4, 0.5) is 5.69 Å². The molecule has 1 amide bonds. The number of para-hydroxylation sites is 1. The van der Waals surface area contributed by atoms with E-state index in [1.807, 2.05) is 36.4 Å². The zero-order valence-corrected chi connectivity index (χ0v) is 17.1. The number of hydrogen-bond donors (Lipinski definition) is 1. The normalized spacial score (nSPS) is 10.6. The molecule has 3 aromatic rings. The molecule has 0 unspecified atom stereocenters. The van der Waals surface area contributed by atoms with Crippen molar-refractivity contribution in [1.82, 2.24) is 9.97 Å². The fourth-order valence-electron chi connectivity index (χ4n) is 3.04. The summed E-state index contributed by atoms with van der Waals surface area (Å²) in [6.45, 7) is 4.22. The number of nitrogens with one attached hydrogen (secondary N) is 1. The molecule has 0 fully saturated rings. The molecule has 1 N–H and O–H groups in total. The number of thioether (sulfide) groups is 1. The summed E-state index contributed by atoms with van der Waals surface area (Å²) in [5.41, 5.74) is 5.31. The SMILES string of the molecule is CCc1cccc(CC)c1NC(=O)CCSc1cc(-c2ccccc2)ncn1. The zero-order chi connectivity index (χ0) is 19.8. The number of rotatable bonds is 8. The van der Waals surface area contributed by atoms with Crippen LogP contribution in [0.2, 0.25) is 0 Å². The molecule has 0 saturated carbocycles. The monoisotopic (exact) mass is 391 g/mol. The highest BCUT2D eigenvalue weighted by Crippen LogP contribution is 2.24. The number of hydrogen-bond acceptors (Lipinski definition) is 4. The minimum atomic E-state index is 0.0421. The first-order valence-corrected chi connectivity index (χ1v) is 10.6. The molecule has 0 aliphatic heterocycles. The van der Waals surface area contributed by atoms with Gasteiger partial charge < -0.3 is 5.32 Å². The molecule has 4 nitrogen and oxygen atoms in total. The van der Waals surface area contributed by atoms with E-state index in [1.54, 1.807) is 18.1 Å². The van der Waals surface area contributed by atoms with Crippen molar-refractivity contribution < 1.29 is 4.79 Å². The van der Waals surface area contributed by atoms with Crippen LogP contribution in [0.5, 0.6) is 0 Å². The Morgan fingerprint density at radius 2 is 1.68 bits per heavy atom. The Bertz CT molecular complexity index is 906. The number of anilines is 1. The molecule has 0 aliphatic rings. The average Bonchev–Trinajstić information content (AvgIpc) is 2.74. The van der Waals surface area contributed by atoms with Gasteiger partial charge in [0.05, 0.1) is 10.7 Å². The maximum absolute atomic E-state index is 12.5. The number of aromatic nitrogens is 2. The minimum absolute atomic E-state index is 0.0421. The lowest BCUT2D eigenvalue weighted by Gasteiger charge is -2.14. The Labute approximate surface area is 170 Å². The molecule has 2 aromatic carbocycles. The van der Waals surface area contributed by atoms with Gasteiger partial charge in [0.15, 0.2) is 0 Å². The fourth-order valence-corrected chi connectivity index (χ4v) is 3.85. The molecule has 0 spiro atoms. The van der Waals surface area contributed by atoms with Crippen LogP contribution in [-0.2, 0) is 17.6 Å². The van der Waals surface area contributed by atoms with Gasteiger partial charge in [-0.15, -0.1) is 11.8 Å². The predicted molar refractivity (Wildman–Crippen MR) is 117 cm³/mol. The first-order chi connectivity index (χ1) is 13.7. The summed E-state index contributed by atoms with van der Waals surface area (Å²) < 4.78 is 0. The second-order valence-electron chi connectivity index (χ2n) is 6.41. The predicted octanol–water partition coefficient (Wildman–Crippen LogP) is 5.39. The molecule has 28 heavy (non-hydrogen) atoms. The second kappa shape index (κ2) is 10.0. The van der Waals surface area contributed by atoms with Gasteiger partial charge >= 0.3 is 0 Å². The van der Waals surface area contributed by atoms with Crippen LogP contribution in [0.3, 0.4) is 0 Å². The average molecular weight is 392 g/mol. The summed E-state index contributed by atoms with van der Waals surface area (Å²) in [4.78, 5) is 21.1. The van der Waals surface area contributed by atoms with Gasteiger partial charge in [-0.3, -0.25) is 4.79 Å². The maximum atomic E-state index is 12.5. The highest BCUT2D eigenvalue weighted by atomic mass is 32.2. The second-order valence-corrected chi connectivity index (χ2v) is 7.53. The lowest BCUT2D eigenvalue weighted by atomic mass is 10.0. The molecule has 1 aromatic heterocycles. The van der Waals surface area contributed by atoms with Crippen molar-refractivity contribution in [2.24, 2.45) is 0 Å². The Morgan fingerprint density at radius 1 is 0.964 bits per heavy atom. The number of aryl methyl sites for hydroxylation is 2. The molecule has 0 radical (unpaired) electrons. The van der Waals surface area contributed by atoms with Gasteiger partial charge in [-0.1, -0.05) is 62.4 Å². The van der Waals surface area contributed by atoms with E-state index in [0.717, 1.165) is 34.8 Å². The van der Waals surface area contributed by atoms with E-state index in [9.17, 15) is 4.79 Å². The molecule has 0 saturated heterocycles. The van der Waals surface area contributed by atoms with Crippen LogP contribution in [0.15, 0.2) is 66.0 Å². The van der Waals surface area contributed by atoms with E-state index in [1.165, 1.54) is 11.1 Å². The van der Waals surface area contributed by atoms with Crippen molar-refractivity contribution in [1.29, 1.82) is 0 Å². The van der Waals surface area contributed by atoms with Crippen molar-refractivity contribution in [3.63, 3.8) is 0 Å². The third-order valence-electron chi connectivity index (χ3n) is 4.55. The van der Waals surface area contributed by atoms with E-state index in [2.05, 4.69) is 47.3 Å². The Balaban J connectivity index is 1.58. The van der Waals surface area contributed by atoms with Gasteiger partial charge in [0.1, 0.15) is 6.33 Å². The topological polar surface area (TPSA) is 54.9 Å². The van der Waals surface area contributed by atoms with E-state index in [4.69, 9.17) is 0 Å². The van der Waals surface area contributed by atoms with Gasteiger partial charge in [-0.05, 0) is 30.0 Å². The number of benzene rings is 2. The van der Waals surface area contributed by atoms with Crippen molar-refractivity contribution in [3.8, 4) is 11.3 Å². The van der Waals surface area contributed by atoms with Gasteiger partial charge in [0, 0.05) is 23.4 Å². The number of nitrogens with zero attached hydrogens (tertiary/aromatic N) is 2.